The second kappa shape index (κ2) is 6.82. The van der Waals surface area contributed by atoms with E-state index in [0.29, 0.717) is 0 Å². The smallest absolute Gasteiger partial charge is 0.343 e. The van der Waals surface area contributed by atoms with E-state index >= 15 is 0 Å². The minimum absolute atomic E-state index is 0.173. The van der Waals surface area contributed by atoms with Crippen molar-refractivity contribution in [1.29, 1.82) is 0 Å². The highest BCUT2D eigenvalue weighted by molar-refractivity contribution is 5.92. The van der Waals surface area contributed by atoms with Crippen LogP contribution in [0.25, 0.3) is 0 Å². The molecule has 23 heavy (non-hydrogen) atoms. The van der Waals surface area contributed by atoms with Crippen molar-refractivity contribution < 1.29 is 28.6 Å². The maximum Gasteiger partial charge on any atom is 0.343 e. The summed E-state index contributed by atoms with van der Waals surface area (Å²) >= 11 is 0. The molecule has 0 fully saturated rings. The predicted octanol–water partition coefficient (Wildman–Crippen LogP) is 1.16. The first-order chi connectivity index (χ1) is 11.0. The normalized spacial score (nSPS) is 11.7. The van der Waals surface area contributed by atoms with E-state index in [0.717, 1.165) is 13.3 Å². The van der Waals surface area contributed by atoms with Gasteiger partial charge in [0.1, 0.15) is 17.1 Å². The van der Waals surface area contributed by atoms with E-state index < -0.39 is 29.2 Å². The first-order valence-corrected chi connectivity index (χ1v) is 6.62. The zero-order chi connectivity index (χ0) is 17.0. The van der Waals surface area contributed by atoms with Gasteiger partial charge in [-0.25, -0.2) is 4.79 Å². The number of furan rings is 1. The van der Waals surface area contributed by atoms with E-state index in [2.05, 4.69) is 14.5 Å². The summed E-state index contributed by atoms with van der Waals surface area (Å²) in [4.78, 5) is 37.8. The molecule has 0 aliphatic rings. The highest BCUT2D eigenvalue weighted by Crippen LogP contribution is 2.33. The number of hydrogen-bond acceptors (Lipinski definition) is 7. The molecule has 8 nitrogen and oxygen atoms in total. The lowest BCUT2D eigenvalue weighted by Gasteiger charge is -2.15. The van der Waals surface area contributed by atoms with Crippen LogP contribution in [-0.4, -0.2) is 36.2 Å². The molecule has 2 heterocycles. The third-order valence-electron chi connectivity index (χ3n) is 3.34. The number of H-pyrrole nitrogens is 1. The Bertz CT molecular complexity index is 761. The lowest BCUT2D eigenvalue weighted by molar-refractivity contribution is -0.140. The molecule has 8 heteroatoms. The van der Waals surface area contributed by atoms with Gasteiger partial charge in [-0.1, -0.05) is 0 Å². The van der Waals surface area contributed by atoms with E-state index in [9.17, 15) is 19.5 Å². The molecule has 1 atom stereocenters. The number of pyridine rings is 1. The molecule has 0 radical (unpaired) electrons. The number of aromatic nitrogens is 1. The third-order valence-corrected chi connectivity index (χ3v) is 3.34. The molecule has 2 rings (SSSR count). The average Bonchev–Trinajstić information content (AvgIpc) is 3.07. The van der Waals surface area contributed by atoms with Crippen LogP contribution in [0.2, 0.25) is 0 Å². The number of hydrogen-bond donors (Lipinski definition) is 2. The minimum Gasteiger partial charge on any atom is -0.506 e. The molecule has 0 saturated heterocycles. The Morgan fingerprint density at radius 2 is 2.09 bits per heavy atom. The second-order valence-corrected chi connectivity index (χ2v) is 4.63. The molecule has 0 amide bonds. The van der Waals surface area contributed by atoms with Gasteiger partial charge in [0.2, 0.25) is 0 Å². The first kappa shape index (κ1) is 16.3. The zero-order valence-corrected chi connectivity index (χ0v) is 12.5. The number of carbonyl (C=O) groups excluding carboxylic acids is 2. The van der Waals surface area contributed by atoms with Crippen molar-refractivity contribution in [3.63, 3.8) is 0 Å². The Balaban J connectivity index is 2.60. The van der Waals surface area contributed by atoms with Gasteiger partial charge in [-0.05, 0) is 12.1 Å². The quantitative estimate of drug-likeness (QED) is 0.793. The van der Waals surface area contributed by atoms with Crippen LogP contribution in [0.15, 0.2) is 33.8 Å². The van der Waals surface area contributed by atoms with Gasteiger partial charge in [-0.15, -0.1) is 0 Å². The fourth-order valence-corrected chi connectivity index (χ4v) is 2.21. The molecule has 0 bridgehead atoms. The van der Waals surface area contributed by atoms with Gasteiger partial charge in [0.05, 0.1) is 38.4 Å². The van der Waals surface area contributed by atoms with Gasteiger partial charge in [0.25, 0.3) is 5.56 Å². The van der Waals surface area contributed by atoms with Gasteiger partial charge >= 0.3 is 11.9 Å². The van der Waals surface area contributed by atoms with E-state index in [1.165, 1.54) is 13.4 Å². The van der Waals surface area contributed by atoms with Crippen LogP contribution >= 0.6 is 0 Å². The van der Waals surface area contributed by atoms with Gasteiger partial charge < -0.3 is 24.0 Å². The van der Waals surface area contributed by atoms with E-state index in [4.69, 9.17) is 4.42 Å². The summed E-state index contributed by atoms with van der Waals surface area (Å²) < 4.78 is 14.4. The predicted molar refractivity (Wildman–Crippen MR) is 77.3 cm³/mol. The maximum absolute atomic E-state index is 12.1. The number of aromatic amines is 1. The monoisotopic (exact) mass is 321 g/mol. The third kappa shape index (κ3) is 3.25. The van der Waals surface area contributed by atoms with E-state index in [-0.39, 0.29) is 23.3 Å². The molecule has 0 aliphatic carbocycles. The standard InChI is InChI=1S/C15H15NO7/c1-21-11(17)6-8(10-4-3-5-23-10)12-13(18)9(15(20)22-2)7-16-14(12)19/h3-5,7-8H,6H2,1-2H3,(H2,16,18,19)/t8-/m0/s1. The summed E-state index contributed by atoms with van der Waals surface area (Å²) in [5.74, 6) is -2.63. The molecule has 0 aromatic carbocycles. The van der Waals surface area contributed by atoms with Crippen LogP contribution in [0.5, 0.6) is 5.75 Å². The molecule has 122 valence electrons. The van der Waals surface area contributed by atoms with Gasteiger partial charge in [0.15, 0.2) is 0 Å². The average molecular weight is 321 g/mol. The molecule has 0 saturated carbocycles. The Morgan fingerprint density at radius 1 is 1.35 bits per heavy atom. The van der Waals surface area contributed by atoms with Crippen LogP contribution < -0.4 is 5.56 Å². The van der Waals surface area contributed by atoms with E-state index in [1.807, 2.05) is 0 Å². The summed E-state index contributed by atoms with van der Waals surface area (Å²) in [6.07, 6.45) is 2.17. The first-order valence-electron chi connectivity index (χ1n) is 6.62. The molecule has 2 aromatic heterocycles. The van der Waals surface area contributed by atoms with Crippen molar-refractivity contribution in [2.24, 2.45) is 0 Å². The second-order valence-electron chi connectivity index (χ2n) is 4.63. The lowest BCUT2D eigenvalue weighted by Crippen LogP contribution is -2.21. The van der Waals surface area contributed by atoms with Crippen molar-refractivity contribution in [1.82, 2.24) is 4.98 Å². The van der Waals surface area contributed by atoms with Crippen LogP contribution in [0.1, 0.15) is 34.0 Å². The van der Waals surface area contributed by atoms with Crippen LogP contribution in [0.3, 0.4) is 0 Å². The molecular formula is C15H15NO7. The summed E-state index contributed by atoms with van der Waals surface area (Å²) in [5.41, 5.74) is -1.04. The number of rotatable bonds is 5. The van der Waals surface area contributed by atoms with Gasteiger partial charge in [-0.3, -0.25) is 9.59 Å². The van der Waals surface area contributed by atoms with Gasteiger partial charge in [0, 0.05) is 6.20 Å². The van der Waals surface area contributed by atoms with Crippen molar-refractivity contribution in [3.8, 4) is 5.75 Å². The maximum atomic E-state index is 12.1. The fourth-order valence-electron chi connectivity index (χ4n) is 2.21. The summed E-state index contributed by atoms with van der Waals surface area (Å²) in [6, 6.07) is 3.13. The van der Waals surface area contributed by atoms with Crippen molar-refractivity contribution >= 4 is 11.9 Å². The number of nitrogens with one attached hydrogen (secondary N) is 1. The largest absolute Gasteiger partial charge is 0.506 e. The minimum atomic E-state index is -0.911. The summed E-state index contributed by atoms with van der Waals surface area (Å²) in [7, 11) is 2.35. The Labute approximate surface area is 130 Å². The van der Waals surface area contributed by atoms with Crippen LogP contribution in [-0.2, 0) is 14.3 Å². The molecule has 2 N–H and O–H groups in total. The van der Waals surface area contributed by atoms with Crippen LogP contribution in [0.4, 0.5) is 0 Å². The number of aromatic hydroxyl groups is 1. The highest BCUT2D eigenvalue weighted by atomic mass is 16.5. The number of carbonyl (C=O) groups is 2. The number of esters is 2. The molecule has 0 spiro atoms. The molecular weight excluding hydrogens is 306 g/mol. The highest BCUT2D eigenvalue weighted by Gasteiger charge is 2.29. The van der Waals surface area contributed by atoms with Gasteiger partial charge in [-0.2, -0.15) is 0 Å². The number of ether oxygens (including phenoxy) is 2. The fraction of sp³-hybridized carbons (Fsp3) is 0.267. The molecule has 0 aliphatic heterocycles. The lowest BCUT2D eigenvalue weighted by atomic mass is 9.92. The van der Waals surface area contributed by atoms with Crippen molar-refractivity contribution in [2.45, 2.75) is 12.3 Å². The number of methoxy groups -OCH3 is 2. The van der Waals surface area contributed by atoms with Crippen molar-refractivity contribution in [3.05, 3.63) is 51.8 Å². The Hall–Kier alpha value is -3.03. The summed E-state index contributed by atoms with van der Waals surface area (Å²) in [6.45, 7) is 0. The topological polar surface area (TPSA) is 119 Å². The Morgan fingerprint density at radius 3 is 2.65 bits per heavy atom. The molecule has 2 aromatic rings. The Kier molecular flexibility index (Phi) is 4.85. The van der Waals surface area contributed by atoms with Crippen LogP contribution in [0, 0.1) is 0 Å². The van der Waals surface area contributed by atoms with Crippen molar-refractivity contribution in [2.75, 3.05) is 14.2 Å². The van der Waals surface area contributed by atoms with E-state index in [1.54, 1.807) is 12.1 Å². The molecule has 0 unspecified atom stereocenters. The zero-order valence-electron chi connectivity index (χ0n) is 12.5. The SMILES string of the molecule is COC(=O)C[C@@H](c1ccco1)c1c(O)c(C(=O)OC)c[nH]c1=O. The summed E-state index contributed by atoms with van der Waals surface area (Å²) in [5, 5.41) is 10.3.